The summed E-state index contributed by atoms with van der Waals surface area (Å²) in [6, 6.07) is 1.95. The van der Waals surface area contributed by atoms with Crippen molar-refractivity contribution in [3.05, 3.63) is 16.7 Å². The molecule has 1 unspecified atom stereocenters. The van der Waals surface area contributed by atoms with Crippen LogP contribution in [0.3, 0.4) is 0 Å². The van der Waals surface area contributed by atoms with Gasteiger partial charge < -0.3 is 10.6 Å². The molecule has 1 saturated heterocycles. The maximum atomic E-state index is 5.85. The summed E-state index contributed by atoms with van der Waals surface area (Å²) in [5.41, 5.74) is 6.61. The van der Waals surface area contributed by atoms with Crippen LogP contribution >= 0.6 is 15.9 Å². The van der Waals surface area contributed by atoms with Crippen LogP contribution in [0.1, 0.15) is 19.8 Å². The van der Waals surface area contributed by atoms with Gasteiger partial charge >= 0.3 is 0 Å². The van der Waals surface area contributed by atoms with E-state index in [1.54, 1.807) is 6.20 Å². The van der Waals surface area contributed by atoms with Crippen LogP contribution in [0, 0.1) is 5.92 Å². The average Bonchev–Trinajstić information content (AvgIpc) is 2.22. The SMILES string of the molecule is CC1CCCN(c2cc(N)c(Br)cn2)C1. The fourth-order valence-electron chi connectivity index (χ4n) is 2.01. The van der Waals surface area contributed by atoms with Gasteiger partial charge in [-0.05, 0) is 34.7 Å². The molecular weight excluding hydrogens is 254 g/mol. The van der Waals surface area contributed by atoms with Crippen molar-refractivity contribution in [2.24, 2.45) is 5.92 Å². The molecule has 0 saturated carbocycles. The summed E-state index contributed by atoms with van der Waals surface area (Å²) in [5, 5.41) is 0. The summed E-state index contributed by atoms with van der Waals surface area (Å²) < 4.78 is 0.872. The van der Waals surface area contributed by atoms with E-state index in [1.165, 1.54) is 12.8 Å². The van der Waals surface area contributed by atoms with Crippen LogP contribution in [-0.4, -0.2) is 18.1 Å². The second kappa shape index (κ2) is 4.39. The van der Waals surface area contributed by atoms with Gasteiger partial charge in [0.25, 0.3) is 0 Å². The van der Waals surface area contributed by atoms with Gasteiger partial charge in [0.05, 0.1) is 10.2 Å². The van der Waals surface area contributed by atoms with Gasteiger partial charge in [-0.3, -0.25) is 0 Å². The number of nitrogens with zero attached hydrogens (tertiary/aromatic N) is 2. The lowest BCUT2D eigenvalue weighted by Crippen LogP contribution is -2.34. The molecule has 2 rings (SSSR count). The Balaban J connectivity index is 2.18. The van der Waals surface area contributed by atoms with Crippen molar-refractivity contribution in [1.29, 1.82) is 0 Å². The molecule has 0 radical (unpaired) electrons. The van der Waals surface area contributed by atoms with E-state index in [9.17, 15) is 0 Å². The Morgan fingerprint density at radius 1 is 1.60 bits per heavy atom. The number of piperidine rings is 1. The second-order valence-corrected chi connectivity index (χ2v) is 5.11. The van der Waals surface area contributed by atoms with Crippen molar-refractivity contribution in [3.8, 4) is 0 Å². The highest BCUT2D eigenvalue weighted by Gasteiger charge is 2.17. The molecule has 0 bridgehead atoms. The number of aromatic nitrogens is 1. The molecule has 82 valence electrons. The Morgan fingerprint density at radius 2 is 2.40 bits per heavy atom. The van der Waals surface area contributed by atoms with E-state index in [0.29, 0.717) is 0 Å². The molecule has 0 amide bonds. The molecule has 1 aromatic rings. The highest BCUT2D eigenvalue weighted by molar-refractivity contribution is 9.10. The van der Waals surface area contributed by atoms with Crippen molar-refractivity contribution >= 4 is 27.4 Å². The lowest BCUT2D eigenvalue weighted by Gasteiger charge is -2.31. The van der Waals surface area contributed by atoms with Gasteiger partial charge in [0.15, 0.2) is 0 Å². The quantitative estimate of drug-likeness (QED) is 0.853. The van der Waals surface area contributed by atoms with E-state index in [2.05, 4.69) is 32.7 Å². The lowest BCUT2D eigenvalue weighted by molar-refractivity contribution is 0.444. The molecule has 1 atom stereocenters. The van der Waals surface area contributed by atoms with E-state index in [-0.39, 0.29) is 0 Å². The third kappa shape index (κ3) is 2.43. The third-order valence-electron chi connectivity index (χ3n) is 2.85. The van der Waals surface area contributed by atoms with E-state index in [1.807, 2.05) is 6.07 Å². The summed E-state index contributed by atoms with van der Waals surface area (Å²) in [7, 11) is 0. The predicted octanol–water partition coefficient (Wildman–Crippen LogP) is 2.66. The summed E-state index contributed by atoms with van der Waals surface area (Å²) >= 11 is 3.36. The van der Waals surface area contributed by atoms with Crippen LogP contribution in [0.4, 0.5) is 11.5 Å². The second-order valence-electron chi connectivity index (χ2n) is 4.26. The number of rotatable bonds is 1. The predicted molar refractivity (Wildman–Crippen MR) is 67.0 cm³/mol. The topological polar surface area (TPSA) is 42.1 Å². The molecule has 1 aliphatic heterocycles. The smallest absolute Gasteiger partial charge is 0.130 e. The van der Waals surface area contributed by atoms with Gasteiger partial charge in [0.2, 0.25) is 0 Å². The highest BCUT2D eigenvalue weighted by atomic mass is 79.9. The Hall–Kier alpha value is -0.770. The van der Waals surface area contributed by atoms with Gasteiger partial charge in [0.1, 0.15) is 5.82 Å². The number of nitrogen functional groups attached to an aromatic ring is 1. The minimum Gasteiger partial charge on any atom is -0.398 e. The fraction of sp³-hybridized carbons (Fsp3) is 0.545. The number of hydrogen-bond donors (Lipinski definition) is 1. The first-order chi connectivity index (χ1) is 7.16. The van der Waals surface area contributed by atoms with Crippen LogP contribution in [0.5, 0.6) is 0 Å². The maximum absolute atomic E-state index is 5.85. The van der Waals surface area contributed by atoms with Gasteiger partial charge in [-0.25, -0.2) is 4.98 Å². The molecule has 2 heterocycles. The summed E-state index contributed by atoms with van der Waals surface area (Å²) in [5.74, 6) is 1.76. The summed E-state index contributed by atoms with van der Waals surface area (Å²) in [6.07, 6.45) is 4.35. The number of hydrogen-bond acceptors (Lipinski definition) is 3. The van der Waals surface area contributed by atoms with Crippen LogP contribution in [0.2, 0.25) is 0 Å². The zero-order valence-corrected chi connectivity index (χ0v) is 10.5. The summed E-state index contributed by atoms with van der Waals surface area (Å²) in [6.45, 7) is 4.47. The average molecular weight is 270 g/mol. The normalized spacial score (nSPS) is 21.7. The van der Waals surface area contributed by atoms with Crippen LogP contribution in [0.15, 0.2) is 16.7 Å². The molecule has 0 aliphatic carbocycles. The first-order valence-corrected chi connectivity index (χ1v) is 6.12. The van der Waals surface area contributed by atoms with Gasteiger partial charge in [-0.2, -0.15) is 0 Å². The number of halogens is 1. The monoisotopic (exact) mass is 269 g/mol. The van der Waals surface area contributed by atoms with Gasteiger partial charge in [-0.15, -0.1) is 0 Å². The first kappa shape index (κ1) is 10.7. The third-order valence-corrected chi connectivity index (χ3v) is 3.51. The minimum atomic E-state index is 0.755. The molecule has 0 spiro atoms. The zero-order chi connectivity index (χ0) is 10.8. The molecule has 2 N–H and O–H groups in total. The first-order valence-electron chi connectivity index (χ1n) is 5.33. The fourth-order valence-corrected chi connectivity index (χ4v) is 2.23. The molecule has 1 fully saturated rings. The number of nitrogens with two attached hydrogens (primary N) is 1. The standard InChI is InChI=1S/C11H16BrN3/c1-8-3-2-4-15(7-8)11-5-10(13)9(12)6-14-11/h5-6,8H,2-4,7H2,1H3,(H2,13,14). The van der Waals surface area contributed by atoms with Crippen molar-refractivity contribution in [2.75, 3.05) is 23.7 Å². The summed E-state index contributed by atoms with van der Waals surface area (Å²) in [4.78, 5) is 6.71. The minimum absolute atomic E-state index is 0.755. The molecule has 3 nitrogen and oxygen atoms in total. The zero-order valence-electron chi connectivity index (χ0n) is 8.91. The van der Waals surface area contributed by atoms with Crippen molar-refractivity contribution in [1.82, 2.24) is 4.98 Å². The molecular formula is C11H16BrN3. The van der Waals surface area contributed by atoms with E-state index < -0.39 is 0 Å². The van der Waals surface area contributed by atoms with Crippen molar-refractivity contribution in [2.45, 2.75) is 19.8 Å². The molecule has 1 aromatic heterocycles. The van der Waals surface area contributed by atoms with E-state index in [4.69, 9.17) is 5.73 Å². The van der Waals surface area contributed by atoms with Gasteiger partial charge in [-0.1, -0.05) is 6.92 Å². The van der Waals surface area contributed by atoms with E-state index in [0.717, 1.165) is 35.0 Å². The Morgan fingerprint density at radius 3 is 3.07 bits per heavy atom. The van der Waals surface area contributed by atoms with Gasteiger partial charge in [0, 0.05) is 25.4 Å². The van der Waals surface area contributed by atoms with E-state index >= 15 is 0 Å². The molecule has 15 heavy (non-hydrogen) atoms. The molecule has 1 aliphatic rings. The largest absolute Gasteiger partial charge is 0.398 e. The maximum Gasteiger partial charge on any atom is 0.130 e. The highest BCUT2D eigenvalue weighted by Crippen LogP contribution is 2.26. The van der Waals surface area contributed by atoms with Crippen molar-refractivity contribution < 1.29 is 0 Å². The van der Waals surface area contributed by atoms with Crippen molar-refractivity contribution in [3.63, 3.8) is 0 Å². The van der Waals surface area contributed by atoms with Crippen LogP contribution in [0.25, 0.3) is 0 Å². The number of anilines is 2. The Kier molecular flexibility index (Phi) is 3.14. The Bertz CT molecular complexity index is 354. The molecule has 0 aromatic carbocycles. The number of pyridine rings is 1. The molecule has 4 heteroatoms. The van der Waals surface area contributed by atoms with Crippen LogP contribution in [-0.2, 0) is 0 Å². The lowest BCUT2D eigenvalue weighted by atomic mass is 10.0. The Labute approximate surface area is 98.8 Å². The van der Waals surface area contributed by atoms with Crippen LogP contribution < -0.4 is 10.6 Å².